The highest BCUT2D eigenvalue weighted by molar-refractivity contribution is 5.51. The average molecular weight is 233 g/mol. The lowest BCUT2D eigenvalue weighted by atomic mass is 10.1. The van der Waals surface area contributed by atoms with Gasteiger partial charge in [-0.25, -0.2) is 0 Å². The van der Waals surface area contributed by atoms with Crippen molar-refractivity contribution < 1.29 is 0 Å². The van der Waals surface area contributed by atoms with E-state index in [2.05, 4.69) is 47.3 Å². The van der Waals surface area contributed by atoms with Gasteiger partial charge in [0.25, 0.3) is 0 Å². The van der Waals surface area contributed by atoms with Crippen molar-refractivity contribution in [3.8, 4) is 0 Å². The van der Waals surface area contributed by atoms with E-state index in [9.17, 15) is 0 Å². The Morgan fingerprint density at radius 3 is 2.47 bits per heavy atom. The Morgan fingerprint density at radius 2 is 1.88 bits per heavy atom. The molecule has 0 aliphatic carbocycles. The van der Waals surface area contributed by atoms with Gasteiger partial charge >= 0.3 is 0 Å². The van der Waals surface area contributed by atoms with Gasteiger partial charge in [0.15, 0.2) is 0 Å². The molecule has 1 aliphatic rings. The van der Waals surface area contributed by atoms with E-state index in [4.69, 9.17) is 0 Å². The molecule has 1 heterocycles. The lowest BCUT2D eigenvalue weighted by Gasteiger charge is -2.34. The van der Waals surface area contributed by atoms with Gasteiger partial charge in [0.05, 0.1) is 0 Å². The molecule has 3 nitrogen and oxygen atoms in total. The Morgan fingerprint density at radius 1 is 1.18 bits per heavy atom. The van der Waals surface area contributed by atoms with Crippen LogP contribution in [0.15, 0.2) is 18.2 Å². The zero-order valence-electron chi connectivity index (χ0n) is 11.2. The summed E-state index contributed by atoms with van der Waals surface area (Å²) in [6.45, 7) is 7.76. The highest BCUT2D eigenvalue weighted by Gasteiger charge is 2.14. The van der Waals surface area contributed by atoms with E-state index in [1.807, 2.05) is 7.05 Å². The van der Waals surface area contributed by atoms with Gasteiger partial charge in [-0.05, 0) is 44.3 Å². The first-order valence-corrected chi connectivity index (χ1v) is 6.38. The first-order chi connectivity index (χ1) is 8.20. The van der Waals surface area contributed by atoms with Crippen LogP contribution in [-0.2, 0) is 6.54 Å². The predicted molar refractivity (Wildman–Crippen MR) is 73.7 cm³/mol. The van der Waals surface area contributed by atoms with Crippen molar-refractivity contribution in [3.63, 3.8) is 0 Å². The number of nitrogens with zero attached hydrogens (tertiary/aromatic N) is 2. The van der Waals surface area contributed by atoms with Crippen LogP contribution in [0.5, 0.6) is 0 Å². The zero-order valence-corrected chi connectivity index (χ0v) is 11.2. The molecule has 0 bridgehead atoms. The summed E-state index contributed by atoms with van der Waals surface area (Å²) in [5.41, 5.74) is 4.15. The van der Waals surface area contributed by atoms with Crippen molar-refractivity contribution in [3.05, 3.63) is 29.3 Å². The molecule has 0 radical (unpaired) electrons. The van der Waals surface area contributed by atoms with Crippen molar-refractivity contribution in [1.82, 2.24) is 10.2 Å². The molecule has 17 heavy (non-hydrogen) atoms. The van der Waals surface area contributed by atoms with Crippen molar-refractivity contribution in [2.75, 3.05) is 45.2 Å². The number of likely N-dealkylation sites (N-methyl/N-ethyl adjacent to an activating group) is 1. The van der Waals surface area contributed by atoms with Crippen molar-refractivity contribution >= 4 is 5.69 Å². The predicted octanol–water partition coefficient (Wildman–Crippen LogP) is 1.47. The maximum atomic E-state index is 3.21. The standard InChI is InChI=1S/C14H23N3/c1-12-10-14(5-4-13(12)11-15-2)17-8-6-16(3)7-9-17/h4-5,10,15H,6-9,11H2,1-3H3. The Balaban J connectivity index is 2.09. The fraction of sp³-hybridized carbons (Fsp3) is 0.571. The minimum atomic E-state index is 0.953. The summed E-state index contributed by atoms with van der Waals surface area (Å²) in [5.74, 6) is 0. The monoisotopic (exact) mass is 233 g/mol. The van der Waals surface area contributed by atoms with Gasteiger partial charge in [-0.1, -0.05) is 6.07 Å². The number of anilines is 1. The van der Waals surface area contributed by atoms with E-state index >= 15 is 0 Å². The summed E-state index contributed by atoms with van der Waals surface area (Å²) in [5, 5.41) is 3.21. The fourth-order valence-corrected chi connectivity index (χ4v) is 2.33. The summed E-state index contributed by atoms with van der Waals surface area (Å²) < 4.78 is 0. The van der Waals surface area contributed by atoms with Crippen LogP contribution in [0.25, 0.3) is 0 Å². The summed E-state index contributed by atoms with van der Waals surface area (Å²) in [7, 11) is 4.19. The molecule has 0 saturated carbocycles. The third-order valence-electron chi connectivity index (χ3n) is 3.56. The molecule has 94 valence electrons. The minimum Gasteiger partial charge on any atom is -0.369 e. The van der Waals surface area contributed by atoms with Gasteiger partial charge in [0.2, 0.25) is 0 Å². The van der Waals surface area contributed by atoms with Crippen molar-refractivity contribution in [2.24, 2.45) is 0 Å². The van der Waals surface area contributed by atoms with Gasteiger partial charge in [-0.3, -0.25) is 0 Å². The van der Waals surface area contributed by atoms with Gasteiger partial charge in [-0.2, -0.15) is 0 Å². The Labute approximate surface area is 104 Å². The average Bonchev–Trinajstić information content (AvgIpc) is 2.33. The highest BCUT2D eigenvalue weighted by atomic mass is 15.2. The van der Waals surface area contributed by atoms with Crippen LogP contribution in [-0.4, -0.2) is 45.2 Å². The number of nitrogens with one attached hydrogen (secondary N) is 1. The molecule has 1 aromatic rings. The first-order valence-electron chi connectivity index (χ1n) is 6.38. The fourth-order valence-electron chi connectivity index (χ4n) is 2.33. The second kappa shape index (κ2) is 5.52. The Hall–Kier alpha value is -1.06. The van der Waals surface area contributed by atoms with Crippen LogP contribution < -0.4 is 10.2 Å². The number of hydrogen-bond acceptors (Lipinski definition) is 3. The Kier molecular flexibility index (Phi) is 4.02. The second-order valence-electron chi connectivity index (χ2n) is 4.93. The smallest absolute Gasteiger partial charge is 0.0369 e. The zero-order chi connectivity index (χ0) is 12.3. The van der Waals surface area contributed by atoms with Crippen LogP contribution >= 0.6 is 0 Å². The molecule has 0 atom stereocenters. The summed E-state index contributed by atoms with van der Waals surface area (Å²) in [6.07, 6.45) is 0. The molecular formula is C14H23N3. The normalized spacial score (nSPS) is 17.5. The second-order valence-corrected chi connectivity index (χ2v) is 4.93. The number of piperazine rings is 1. The van der Waals surface area contributed by atoms with Crippen molar-refractivity contribution in [2.45, 2.75) is 13.5 Å². The molecule has 1 saturated heterocycles. The van der Waals surface area contributed by atoms with Crippen LogP contribution in [0.1, 0.15) is 11.1 Å². The summed E-state index contributed by atoms with van der Waals surface area (Å²) in [4.78, 5) is 4.87. The molecule has 2 rings (SSSR count). The van der Waals surface area contributed by atoms with E-state index in [0.29, 0.717) is 0 Å². The van der Waals surface area contributed by atoms with Gasteiger partial charge in [0, 0.05) is 38.4 Å². The van der Waals surface area contributed by atoms with Crippen molar-refractivity contribution in [1.29, 1.82) is 0 Å². The summed E-state index contributed by atoms with van der Waals surface area (Å²) >= 11 is 0. The number of hydrogen-bond donors (Lipinski definition) is 1. The molecular weight excluding hydrogens is 210 g/mol. The lowest BCUT2D eigenvalue weighted by molar-refractivity contribution is 0.313. The van der Waals surface area contributed by atoms with E-state index in [1.165, 1.54) is 16.8 Å². The van der Waals surface area contributed by atoms with Gasteiger partial charge in [0.1, 0.15) is 0 Å². The molecule has 1 N–H and O–H groups in total. The van der Waals surface area contributed by atoms with E-state index in [1.54, 1.807) is 0 Å². The largest absolute Gasteiger partial charge is 0.369 e. The van der Waals surface area contributed by atoms with E-state index < -0.39 is 0 Å². The Bertz CT molecular complexity index is 368. The topological polar surface area (TPSA) is 18.5 Å². The maximum Gasteiger partial charge on any atom is 0.0369 e. The van der Waals surface area contributed by atoms with Crippen LogP contribution in [0, 0.1) is 6.92 Å². The number of aryl methyl sites for hydroxylation is 1. The summed E-state index contributed by atoms with van der Waals surface area (Å²) in [6, 6.07) is 6.82. The minimum absolute atomic E-state index is 0.953. The lowest BCUT2D eigenvalue weighted by Crippen LogP contribution is -2.44. The molecule has 0 unspecified atom stereocenters. The molecule has 1 aromatic carbocycles. The molecule has 0 spiro atoms. The van der Waals surface area contributed by atoms with Crippen LogP contribution in [0.4, 0.5) is 5.69 Å². The van der Waals surface area contributed by atoms with Crippen LogP contribution in [0.3, 0.4) is 0 Å². The first kappa shape index (κ1) is 12.4. The van der Waals surface area contributed by atoms with E-state index in [0.717, 1.165) is 32.7 Å². The molecule has 0 aromatic heterocycles. The molecule has 1 fully saturated rings. The van der Waals surface area contributed by atoms with E-state index in [-0.39, 0.29) is 0 Å². The SMILES string of the molecule is CNCc1ccc(N2CCN(C)CC2)cc1C. The number of rotatable bonds is 3. The molecule has 1 aliphatic heterocycles. The highest BCUT2D eigenvalue weighted by Crippen LogP contribution is 2.20. The van der Waals surface area contributed by atoms with Gasteiger partial charge < -0.3 is 15.1 Å². The quantitative estimate of drug-likeness (QED) is 0.853. The number of benzene rings is 1. The van der Waals surface area contributed by atoms with Gasteiger partial charge in [-0.15, -0.1) is 0 Å². The third-order valence-corrected chi connectivity index (χ3v) is 3.56. The third kappa shape index (κ3) is 2.99. The molecule has 3 heteroatoms. The maximum absolute atomic E-state index is 3.21. The molecule has 0 amide bonds. The van der Waals surface area contributed by atoms with Crippen LogP contribution in [0.2, 0.25) is 0 Å².